The Labute approximate surface area is 141 Å². The van der Waals surface area contributed by atoms with E-state index in [1.807, 2.05) is 50.2 Å². The van der Waals surface area contributed by atoms with Crippen molar-refractivity contribution in [3.63, 3.8) is 0 Å². The molecule has 0 saturated carbocycles. The molecule has 24 heavy (non-hydrogen) atoms. The number of hydrogen-bond acceptors (Lipinski definition) is 3. The summed E-state index contributed by atoms with van der Waals surface area (Å²) in [5.41, 5.74) is 5.10. The van der Waals surface area contributed by atoms with Gasteiger partial charge in [-0.05, 0) is 37.1 Å². The van der Waals surface area contributed by atoms with Crippen LogP contribution in [-0.2, 0) is 13.1 Å². The summed E-state index contributed by atoms with van der Waals surface area (Å²) < 4.78 is 1.77. The summed E-state index contributed by atoms with van der Waals surface area (Å²) in [5, 5.41) is 7.06. The predicted molar refractivity (Wildman–Crippen MR) is 92.7 cm³/mol. The van der Waals surface area contributed by atoms with E-state index in [0.717, 1.165) is 22.3 Å². The van der Waals surface area contributed by atoms with Crippen molar-refractivity contribution in [1.29, 1.82) is 0 Å². The molecule has 0 atom stereocenters. The van der Waals surface area contributed by atoms with Gasteiger partial charge in [0.25, 0.3) is 5.91 Å². The maximum Gasteiger partial charge on any atom is 0.251 e. The molecule has 0 unspecified atom stereocenters. The molecule has 0 aliphatic carbocycles. The lowest BCUT2D eigenvalue weighted by Gasteiger charge is -2.08. The van der Waals surface area contributed by atoms with E-state index in [2.05, 4.69) is 21.5 Å². The Kier molecular flexibility index (Phi) is 4.70. The molecule has 0 aliphatic rings. The third kappa shape index (κ3) is 4.07. The third-order valence-corrected chi connectivity index (χ3v) is 3.77. The van der Waals surface area contributed by atoms with Crippen molar-refractivity contribution in [2.24, 2.45) is 0 Å². The molecule has 1 N–H and O–H groups in total. The molecule has 0 radical (unpaired) electrons. The molecule has 0 spiro atoms. The Morgan fingerprint density at radius 3 is 2.33 bits per heavy atom. The van der Waals surface area contributed by atoms with Crippen LogP contribution < -0.4 is 5.32 Å². The molecule has 122 valence electrons. The summed E-state index contributed by atoms with van der Waals surface area (Å²) in [7, 11) is 0. The highest BCUT2D eigenvalue weighted by Crippen LogP contribution is 2.10. The Morgan fingerprint density at radius 2 is 1.71 bits per heavy atom. The fourth-order valence-corrected chi connectivity index (χ4v) is 2.65. The Bertz CT molecular complexity index is 803. The Morgan fingerprint density at radius 1 is 1.04 bits per heavy atom. The largest absolute Gasteiger partial charge is 0.348 e. The van der Waals surface area contributed by atoms with E-state index in [0.29, 0.717) is 18.7 Å². The van der Waals surface area contributed by atoms with E-state index >= 15 is 0 Å². The number of amides is 1. The number of nitrogens with one attached hydrogen (secondary N) is 1. The van der Waals surface area contributed by atoms with Gasteiger partial charge < -0.3 is 5.32 Å². The van der Waals surface area contributed by atoms with Gasteiger partial charge in [-0.2, -0.15) is 5.10 Å². The van der Waals surface area contributed by atoms with E-state index in [1.165, 1.54) is 6.33 Å². The highest BCUT2D eigenvalue weighted by atomic mass is 16.1. The lowest BCUT2D eigenvalue weighted by Crippen LogP contribution is -2.23. The quantitative estimate of drug-likeness (QED) is 0.786. The van der Waals surface area contributed by atoms with E-state index in [1.54, 1.807) is 11.0 Å². The minimum absolute atomic E-state index is 0.0477. The average molecular weight is 320 g/mol. The zero-order valence-electron chi connectivity index (χ0n) is 13.9. The fourth-order valence-electron chi connectivity index (χ4n) is 2.65. The number of aryl methyl sites for hydroxylation is 2. The lowest BCUT2D eigenvalue weighted by atomic mass is 10.1. The number of nitrogens with zero attached hydrogens (tertiary/aromatic N) is 3. The van der Waals surface area contributed by atoms with Gasteiger partial charge >= 0.3 is 0 Å². The molecular weight excluding hydrogens is 300 g/mol. The predicted octanol–water partition coefficient (Wildman–Crippen LogP) is 2.87. The van der Waals surface area contributed by atoms with Crippen LogP contribution in [0.2, 0.25) is 0 Å². The molecule has 1 heterocycles. The molecule has 2 aromatic carbocycles. The summed E-state index contributed by atoms with van der Waals surface area (Å²) >= 11 is 0. The highest BCUT2D eigenvalue weighted by molar-refractivity contribution is 5.94. The lowest BCUT2D eigenvalue weighted by molar-refractivity contribution is 0.0950. The van der Waals surface area contributed by atoms with Crippen molar-refractivity contribution < 1.29 is 4.79 Å². The number of aromatic nitrogens is 3. The van der Waals surface area contributed by atoms with Crippen LogP contribution >= 0.6 is 0 Å². The fraction of sp³-hybridized carbons (Fsp3) is 0.211. The number of carbonyl (C=O) groups excluding carboxylic acids is 1. The second kappa shape index (κ2) is 7.08. The van der Waals surface area contributed by atoms with Gasteiger partial charge in [0.15, 0.2) is 0 Å². The van der Waals surface area contributed by atoms with Crippen molar-refractivity contribution in [3.05, 3.63) is 82.9 Å². The van der Waals surface area contributed by atoms with E-state index in [9.17, 15) is 4.79 Å². The van der Waals surface area contributed by atoms with Crippen LogP contribution in [-0.4, -0.2) is 20.7 Å². The first-order chi connectivity index (χ1) is 11.6. The molecule has 1 amide bonds. The van der Waals surface area contributed by atoms with Gasteiger partial charge in [0.2, 0.25) is 0 Å². The molecule has 0 fully saturated rings. The zero-order valence-corrected chi connectivity index (χ0v) is 13.9. The summed E-state index contributed by atoms with van der Waals surface area (Å²) in [6.07, 6.45) is 3.22. The minimum atomic E-state index is -0.0477. The summed E-state index contributed by atoms with van der Waals surface area (Å²) in [5.74, 6) is -0.0477. The zero-order chi connectivity index (χ0) is 16.9. The van der Waals surface area contributed by atoms with Crippen LogP contribution in [0.3, 0.4) is 0 Å². The number of benzene rings is 2. The first-order valence-corrected chi connectivity index (χ1v) is 7.87. The van der Waals surface area contributed by atoms with Crippen molar-refractivity contribution in [2.45, 2.75) is 26.9 Å². The molecule has 5 nitrogen and oxygen atoms in total. The van der Waals surface area contributed by atoms with Gasteiger partial charge in [0.1, 0.15) is 12.7 Å². The highest BCUT2D eigenvalue weighted by Gasteiger charge is 2.06. The molecule has 1 aromatic heterocycles. The maximum atomic E-state index is 12.3. The monoisotopic (exact) mass is 320 g/mol. The van der Waals surface area contributed by atoms with Crippen molar-refractivity contribution >= 4 is 5.91 Å². The summed E-state index contributed by atoms with van der Waals surface area (Å²) in [4.78, 5) is 16.2. The van der Waals surface area contributed by atoms with Crippen molar-refractivity contribution in [1.82, 2.24) is 20.1 Å². The average Bonchev–Trinajstić information content (AvgIpc) is 3.06. The molecule has 0 bridgehead atoms. The van der Waals surface area contributed by atoms with Crippen LogP contribution in [0.4, 0.5) is 0 Å². The van der Waals surface area contributed by atoms with Gasteiger partial charge in [-0.1, -0.05) is 41.5 Å². The van der Waals surface area contributed by atoms with Gasteiger partial charge in [-0.15, -0.1) is 0 Å². The third-order valence-electron chi connectivity index (χ3n) is 3.77. The SMILES string of the molecule is Cc1cc(C)cc(C(=O)NCc2ccc(Cn3cncn3)cc2)c1. The summed E-state index contributed by atoms with van der Waals surface area (Å²) in [6, 6.07) is 14.0. The number of carbonyl (C=O) groups is 1. The smallest absolute Gasteiger partial charge is 0.251 e. The minimum Gasteiger partial charge on any atom is -0.348 e. The maximum absolute atomic E-state index is 12.3. The van der Waals surface area contributed by atoms with Crippen LogP contribution in [0.1, 0.15) is 32.6 Å². The Balaban J connectivity index is 1.59. The number of rotatable bonds is 5. The van der Waals surface area contributed by atoms with E-state index in [-0.39, 0.29) is 5.91 Å². The van der Waals surface area contributed by atoms with E-state index in [4.69, 9.17) is 0 Å². The van der Waals surface area contributed by atoms with Crippen LogP contribution in [0.5, 0.6) is 0 Å². The van der Waals surface area contributed by atoms with Gasteiger partial charge in [0.05, 0.1) is 6.54 Å². The molecule has 3 aromatic rings. The van der Waals surface area contributed by atoms with Gasteiger partial charge in [-0.3, -0.25) is 4.79 Å². The molecule has 0 aliphatic heterocycles. The first-order valence-electron chi connectivity index (χ1n) is 7.87. The van der Waals surface area contributed by atoms with Crippen LogP contribution in [0, 0.1) is 13.8 Å². The number of hydrogen-bond donors (Lipinski definition) is 1. The van der Waals surface area contributed by atoms with Gasteiger partial charge in [0, 0.05) is 12.1 Å². The van der Waals surface area contributed by atoms with Crippen molar-refractivity contribution in [2.75, 3.05) is 0 Å². The topological polar surface area (TPSA) is 59.8 Å². The summed E-state index contributed by atoms with van der Waals surface area (Å²) in [6.45, 7) is 5.19. The van der Waals surface area contributed by atoms with Gasteiger partial charge in [-0.25, -0.2) is 9.67 Å². The molecule has 0 saturated heterocycles. The van der Waals surface area contributed by atoms with Crippen molar-refractivity contribution in [3.8, 4) is 0 Å². The first kappa shape index (κ1) is 15.9. The Hall–Kier alpha value is -2.95. The van der Waals surface area contributed by atoms with Crippen LogP contribution in [0.25, 0.3) is 0 Å². The molecule has 3 rings (SSSR count). The van der Waals surface area contributed by atoms with Crippen LogP contribution in [0.15, 0.2) is 55.1 Å². The molecular formula is C19H20N4O. The second-order valence-corrected chi connectivity index (χ2v) is 5.97. The molecule has 5 heteroatoms. The van der Waals surface area contributed by atoms with E-state index < -0.39 is 0 Å². The normalized spacial score (nSPS) is 10.6. The standard InChI is InChI=1S/C19H20N4O/c1-14-7-15(2)9-18(8-14)19(24)21-10-16-3-5-17(6-4-16)11-23-13-20-12-22-23/h3-9,12-13H,10-11H2,1-2H3,(H,21,24). The second-order valence-electron chi connectivity index (χ2n) is 5.97.